The summed E-state index contributed by atoms with van der Waals surface area (Å²) in [4.78, 5) is 1.29. The molecule has 7 heteroatoms. The molecule has 0 amide bonds. The summed E-state index contributed by atoms with van der Waals surface area (Å²) in [5.74, 6) is 0.509. The van der Waals surface area contributed by atoms with Gasteiger partial charge in [0, 0.05) is 25.2 Å². The van der Waals surface area contributed by atoms with Gasteiger partial charge in [-0.25, -0.2) is 0 Å². The van der Waals surface area contributed by atoms with Crippen molar-refractivity contribution >= 4 is 5.82 Å². The highest BCUT2D eigenvalue weighted by Gasteiger charge is 2.32. The van der Waals surface area contributed by atoms with Crippen molar-refractivity contribution in [2.45, 2.75) is 39.4 Å². The van der Waals surface area contributed by atoms with E-state index in [4.69, 9.17) is 5.73 Å². The number of aromatic nitrogens is 2. The SMILES string of the molecule is CCN(CC(F)(F)F)c1c(CC(C)N)c(C)nn1C. The smallest absolute Gasteiger partial charge is 0.348 e. The molecule has 0 aliphatic heterocycles. The summed E-state index contributed by atoms with van der Waals surface area (Å²) in [6.45, 7) is 4.61. The Morgan fingerprint density at radius 1 is 1.42 bits per heavy atom. The first-order chi connectivity index (χ1) is 8.65. The molecule has 1 atom stereocenters. The number of nitrogens with zero attached hydrogens (tertiary/aromatic N) is 3. The van der Waals surface area contributed by atoms with Crippen LogP contribution in [-0.2, 0) is 13.5 Å². The molecule has 1 heterocycles. The molecule has 0 radical (unpaired) electrons. The fourth-order valence-corrected chi connectivity index (χ4v) is 2.20. The molecule has 0 saturated heterocycles. The van der Waals surface area contributed by atoms with E-state index in [1.807, 2.05) is 6.92 Å². The molecule has 1 aromatic rings. The monoisotopic (exact) mass is 278 g/mol. The summed E-state index contributed by atoms with van der Waals surface area (Å²) in [7, 11) is 1.66. The third-order valence-corrected chi connectivity index (χ3v) is 2.89. The van der Waals surface area contributed by atoms with Crippen molar-refractivity contribution in [3.63, 3.8) is 0 Å². The minimum Gasteiger partial charge on any atom is -0.348 e. The molecular formula is C12H21F3N4. The Hall–Kier alpha value is -1.24. The van der Waals surface area contributed by atoms with Crippen LogP contribution in [0.4, 0.5) is 19.0 Å². The normalized spacial score (nSPS) is 13.7. The van der Waals surface area contributed by atoms with Crippen LogP contribution in [0.25, 0.3) is 0 Å². The summed E-state index contributed by atoms with van der Waals surface area (Å²) in [6.07, 6.45) is -3.72. The van der Waals surface area contributed by atoms with Crippen LogP contribution in [0.5, 0.6) is 0 Å². The number of hydrogen-bond acceptors (Lipinski definition) is 3. The Morgan fingerprint density at radius 3 is 2.42 bits per heavy atom. The molecule has 0 aliphatic carbocycles. The van der Waals surface area contributed by atoms with Gasteiger partial charge in [0.15, 0.2) is 0 Å². The lowest BCUT2D eigenvalue weighted by Gasteiger charge is -2.26. The van der Waals surface area contributed by atoms with Crippen molar-refractivity contribution in [2.24, 2.45) is 12.8 Å². The van der Waals surface area contributed by atoms with E-state index in [1.165, 1.54) is 9.58 Å². The predicted molar refractivity (Wildman–Crippen MR) is 69.2 cm³/mol. The predicted octanol–water partition coefficient (Wildman–Crippen LogP) is 2.01. The summed E-state index contributed by atoms with van der Waals surface area (Å²) >= 11 is 0. The Labute approximate surface area is 111 Å². The van der Waals surface area contributed by atoms with E-state index in [0.29, 0.717) is 12.2 Å². The third kappa shape index (κ3) is 4.12. The topological polar surface area (TPSA) is 47.1 Å². The highest BCUT2D eigenvalue weighted by molar-refractivity contribution is 5.50. The second-order valence-electron chi connectivity index (χ2n) is 4.82. The molecule has 0 spiro atoms. The van der Waals surface area contributed by atoms with E-state index in [2.05, 4.69) is 5.10 Å². The average molecular weight is 278 g/mol. The van der Waals surface area contributed by atoms with Gasteiger partial charge in [0.2, 0.25) is 0 Å². The van der Waals surface area contributed by atoms with E-state index in [0.717, 1.165) is 11.3 Å². The zero-order valence-electron chi connectivity index (χ0n) is 11.8. The van der Waals surface area contributed by atoms with Crippen molar-refractivity contribution in [3.8, 4) is 0 Å². The second-order valence-corrected chi connectivity index (χ2v) is 4.82. The number of halogens is 3. The first-order valence-electron chi connectivity index (χ1n) is 6.25. The van der Waals surface area contributed by atoms with Crippen LogP contribution >= 0.6 is 0 Å². The van der Waals surface area contributed by atoms with Crippen LogP contribution in [0.3, 0.4) is 0 Å². The lowest BCUT2D eigenvalue weighted by atomic mass is 10.1. The lowest BCUT2D eigenvalue weighted by Crippen LogP contribution is -2.36. The molecule has 2 N–H and O–H groups in total. The average Bonchev–Trinajstić information content (AvgIpc) is 2.49. The zero-order chi connectivity index (χ0) is 14.8. The van der Waals surface area contributed by atoms with E-state index in [1.54, 1.807) is 20.9 Å². The van der Waals surface area contributed by atoms with Gasteiger partial charge >= 0.3 is 6.18 Å². The number of alkyl halides is 3. The number of rotatable bonds is 5. The van der Waals surface area contributed by atoms with Gasteiger partial charge in [0.05, 0.1) is 5.69 Å². The molecule has 1 rings (SSSR count). The summed E-state index contributed by atoms with van der Waals surface area (Å²) < 4.78 is 39.3. The quantitative estimate of drug-likeness (QED) is 0.896. The Balaban J connectivity index is 3.15. The third-order valence-electron chi connectivity index (χ3n) is 2.89. The second kappa shape index (κ2) is 5.81. The lowest BCUT2D eigenvalue weighted by molar-refractivity contribution is -0.119. The van der Waals surface area contributed by atoms with Gasteiger partial charge in [-0.1, -0.05) is 0 Å². The van der Waals surface area contributed by atoms with Gasteiger partial charge in [-0.3, -0.25) is 4.68 Å². The molecule has 0 bridgehead atoms. The Bertz CT molecular complexity index is 423. The molecule has 0 aliphatic rings. The Morgan fingerprint density at radius 2 is 2.00 bits per heavy atom. The standard InChI is InChI=1S/C12H21F3N4/c1-5-19(7-12(13,14)15)11-10(6-8(2)16)9(3)17-18(11)4/h8H,5-7,16H2,1-4H3. The van der Waals surface area contributed by atoms with E-state index >= 15 is 0 Å². The van der Waals surface area contributed by atoms with Gasteiger partial charge in [-0.15, -0.1) is 0 Å². The maximum Gasteiger partial charge on any atom is 0.405 e. The molecule has 0 aromatic carbocycles. The van der Waals surface area contributed by atoms with Gasteiger partial charge in [0.1, 0.15) is 12.4 Å². The number of anilines is 1. The molecule has 1 aromatic heterocycles. The zero-order valence-corrected chi connectivity index (χ0v) is 11.8. The first kappa shape index (κ1) is 15.8. The molecule has 110 valence electrons. The largest absolute Gasteiger partial charge is 0.405 e. The molecule has 1 unspecified atom stereocenters. The number of hydrogen-bond donors (Lipinski definition) is 1. The minimum absolute atomic E-state index is 0.119. The highest BCUT2D eigenvalue weighted by Crippen LogP contribution is 2.27. The van der Waals surface area contributed by atoms with Gasteiger partial charge < -0.3 is 10.6 Å². The molecule has 0 saturated carbocycles. The van der Waals surface area contributed by atoms with Crippen molar-refractivity contribution < 1.29 is 13.2 Å². The van der Waals surface area contributed by atoms with Crippen LogP contribution in [0.1, 0.15) is 25.1 Å². The maximum absolute atomic E-state index is 12.6. The van der Waals surface area contributed by atoms with Gasteiger partial charge in [0.25, 0.3) is 0 Å². The van der Waals surface area contributed by atoms with E-state index < -0.39 is 12.7 Å². The molecule has 19 heavy (non-hydrogen) atoms. The summed E-state index contributed by atoms with van der Waals surface area (Å²) in [6, 6.07) is -0.119. The Kier molecular flexibility index (Phi) is 4.84. The molecular weight excluding hydrogens is 257 g/mol. The summed E-state index contributed by atoms with van der Waals surface area (Å²) in [5, 5.41) is 4.22. The van der Waals surface area contributed by atoms with E-state index in [9.17, 15) is 13.2 Å². The van der Waals surface area contributed by atoms with Crippen LogP contribution in [0, 0.1) is 6.92 Å². The van der Waals surface area contributed by atoms with Crippen LogP contribution in [0.2, 0.25) is 0 Å². The molecule has 4 nitrogen and oxygen atoms in total. The highest BCUT2D eigenvalue weighted by atomic mass is 19.4. The van der Waals surface area contributed by atoms with Crippen molar-refractivity contribution in [2.75, 3.05) is 18.0 Å². The van der Waals surface area contributed by atoms with Crippen LogP contribution in [0.15, 0.2) is 0 Å². The van der Waals surface area contributed by atoms with Crippen LogP contribution < -0.4 is 10.6 Å². The maximum atomic E-state index is 12.6. The molecule has 0 fully saturated rings. The fourth-order valence-electron chi connectivity index (χ4n) is 2.20. The minimum atomic E-state index is -4.24. The van der Waals surface area contributed by atoms with Gasteiger partial charge in [-0.05, 0) is 27.2 Å². The van der Waals surface area contributed by atoms with Gasteiger partial charge in [-0.2, -0.15) is 18.3 Å². The van der Waals surface area contributed by atoms with Crippen molar-refractivity contribution in [3.05, 3.63) is 11.3 Å². The van der Waals surface area contributed by atoms with Crippen molar-refractivity contribution in [1.82, 2.24) is 9.78 Å². The fraction of sp³-hybridized carbons (Fsp3) is 0.750. The first-order valence-corrected chi connectivity index (χ1v) is 6.25. The summed E-state index contributed by atoms with van der Waals surface area (Å²) in [5.41, 5.74) is 7.29. The van der Waals surface area contributed by atoms with E-state index in [-0.39, 0.29) is 12.6 Å². The number of aryl methyl sites for hydroxylation is 2. The number of nitrogens with two attached hydrogens (primary N) is 1. The van der Waals surface area contributed by atoms with Crippen LogP contribution in [-0.4, -0.2) is 35.1 Å². The van der Waals surface area contributed by atoms with Crippen molar-refractivity contribution in [1.29, 1.82) is 0 Å².